The molecule has 5 nitrogen and oxygen atoms in total. The third kappa shape index (κ3) is 2.41. The topological polar surface area (TPSA) is 66.5 Å². The normalized spacial score (nSPS) is 41.5. The van der Waals surface area contributed by atoms with Gasteiger partial charge in [-0.05, 0) is 49.9 Å². The summed E-state index contributed by atoms with van der Waals surface area (Å²) < 4.78 is 0. The summed E-state index contributed by atoms with van der Waals surface area (Å²) in [5, 5.41) is 3.01. The molecule has 1 N–H and O–H groups in total. The first-order valence-electron chi connectivity index (χ1n) is 8.87. The maximum absolute atomic E-state index is 12.5. The molecule has 4 unspecified atom stereocenters. The average molecular weight is 316 g/mol. The van der Waals surface area contributed by atoms with Crippen molar-refractivity contribution in [3.8, 4) is 0 Å². The molecular weight excluding hydrogens is 292 g/mol. The van der Waals surface area contributed by atoms with Crippen molar-refractivity contribution in [2.45, 2.75) is 45.1 Å². The van der Waals surface area contributed by atoms with E-state index in [1.54, 1.807) is 0 Å². The van der Waals surface area contributed by atoms with E-state index in [0.717, 1.165) is 38.0 Å². The Hall–Kier alpha value is -1.65. The molecule has 3 amide bonds. The summed E-state index contributed by atoms with van der Waals surface area (Å²) in [6.45, 7) is 2.14. The van der Waals surface area contributed by atoms with Gasteiger partial charge in [0, 0.05) is 6.04 Å². The van der Waals surface area contributed by atoms with Crippen LogP contribution in [0.2, 0.25) is 0 Å². The lowest BCUT2D eigenvalue weighted by molar-refractivity contribution is -0.144. The standard InChI is InChI=1S/C18H24N2O3/c1-10-2-6-13(7-3-10)19-14(21)9-20-17(22)15-11-4-5-12(8-11)16(15)18(20)23/h4-5,10-13,15-16H,2-3,6-9H2,1H3,(H,19,21). The Kier molecular flexibility index (Phi) is 3.54. The predicted octanol–water partition coefficient (Wildman–Crippen LogP) is 1.49. The van der Waals surface area contributed by atoms with E-state index in [-0.39, 0.29) is 54.0 Å². The number of hydrogen-bond donors (Lipinski definition) is 1. The molecule has 4 rings (SSSR count). The van der Waals surface area contributed by atoms with Crippen LogP contribution in [0.25, 0.3) is 0 Å². The van der Waals surface area contributed by atoms with Crippen molar-refractivity contribution in [2.24, 2.45) is 29.6 Å². The van der Waals surface area contributed by atoms with Crippen molar-refractivity contribution >= 4 is 17.7 Å². The smallest absolute Gasteiger partial charge is 0.240 e. The summed E-state index contributed by atoms with van der Waals surface area (Å²) >= 11 is 0. The molecule has 5 heteroatoms. The highest BCUT2D eigenvalue weighted by Gasteiger charge is 2.59. The van der Waals surface area contributed by atoms with Crippen LogP contribution in [0.3, 0.4) is 0 Å². The lowest BCUT2D eigenvalue weighted by Gasteiger charge is -2.27. The van der Waals surface area contributed by atoms with Gasteiger partial charge in [0.15, 0.2) is 0 Å². The number of rotatable bonds is 3. The van der Waals surface area contributed by atoms with E-state index in [2.05, 4.69) is 24.4 Å². The second-order valence-corrected chi connectivity index (χ2v) is 7.79. The number of allylic oxidation sites excluding steroid dienone is 2. The zero-order valence-corrected chi connectivity index (χ0v) is 13.5. The van der Waals surface area contributed by atoms with Gasteiger partial charge in [-0.25, -0.2) is 0 Å². The number of hydrogen-bond acceptors (Lipinski definition) is 3. The fourth-order valence-corrected chi connectivity index (χ4v) is 4.94. The molecule has 0 radical (unpaired) electrons. The number of amides is 3. The third-order valence-electron chi connectivity index (χ3n) is 6.24. The second-order valence-electron chi connectivity index (χ2n) is 7.79. The number of nitrogens with one attached hydrogen (secondary N) is 1. The SMILES string of the molecule is CC1CCC(NC(=O)CN2C(=O)C3C4C=CC(C4)C3C2=O)CC1. The van der Waals surface area contributed by atoms with E-state index in [1.165, 1.54) is 4.90 Å². The van der Waals surface area contributed by atoms with Crippen LogP contribution in [-0.4, -0.2) is 35.2 Å². The van der Waals surface area contributed by atoms with Crippen LogP contribution < -0.4 is 5.32 Å². The summed E-state index contributed by atoms with van der Waals surface area (Å²) in [5.41, 5.74) is 0. The minimum absolute atomic E-state index is 0.101. The van der Waals surface area contributed by atoms with Crippen LogP contribution in [0.15, 0.2) is 12.2 Å². The van der Waals surface area contributed by atoms with E-state index >= 15 is 0 Å². The molecule has 23 heavy (non-hydrogen) atoms. The molecule has 2 bridgehead atoms. The molecule has 0 aromatic rings. The largest absolute Gasteiger partial charge is 0.352 e. The molecule has 0 aromatic heterocycles. The summed E-state index contributed by atoms with van der Waals surface area (Å²) in [5.74, 6) is 0.262. The molecule has 1 aliphatic heterocycles. The maximum Gasteiger partial charge on any atom is 0.240 e. The van der Waals surface area contributed by atoms with Crippen LogP contribution in [0.5, 0.6) is 0 Å². The molecule has 124 valence electrons. The highest BCUT2D eigenvalue weighted by molar-refractivity contribution is 6.08. The Bertz CT molecular complexity index is 547. The summed E-state index contributed by atoms with van der Waals surface area (Å²) in [6.07, 6.45) is 9.32. The van der Waals surface area contributed by atoms with Crippen molar-refractivity contribution in [3.05, 3.63) is 12.2 Å². The molecular formula is C18H24N2O3. The van der Waals surface area contributed by atoms with Gasteiger partial charge in [-0.3, -0.25) is 19.3 Å². The van der Waals surface area contributed by atoms with Gasteiger partial charge in [0.05, 0.1) is 11.8 Å². The minimum Gasteiger partial charge on any atom is -0.352 e. The number of likely N-dealkylation sites (tertiary alicyclic amines) is 1. The number of imide groups is 1. The fraction of sp³-hybridized carbons (Fsp3) is 0.722. The number of nitrogens with zero attached hydrogens (tertiary/aromatic N) is 1. The van der Waals surface area contributed by atoms with E-state index in [9.17, 15) is 14.4 Å². The molecule has 1 saturated heterocycles. The van der Waals surface area contributed by atoms with Crippen molar-refractivity contribution in [2.75, 3.05) is 6.54 Å². The van der Waals surface area contributed by atoms with E-state index in [0.29, 0.717) is 0 Å². The average Bonchev–Trinajstić information content (AvgIpc) is 3.19. The van der Waals surface area contributed by atoms with Crippen LogP contribution >= 0.6 is 0 Å². The first-order valence-corrected chi connectivity index (χ1v) is 8.87. The molecule has 4 aliphatic rings. The quantitative estimate of drug-likeness (QED) is 0.634. The van der Waals surface area contributed by atoms with Gasteiger partial charge in [-0.1, -0.05) is 19.1 Å². The van der Waals surface area contributed by atoms with Gasteiger partial charge in [0.25, 0.3) is 0 Å². The molecule has 0 aromatic carbocycles. The lowest BCUT2D eigenvalue weighted by Crippen LogP contribution is -2.45. The summed E-state index contributed by atoms with van der Waals surface area (Å²) in [7, 11) is 0. The fourth-order valence-electron chi connectivity index (χ4n) is 4.94. The zero-order valence-electron chi connectivity index (χ0n) is 13.5. The Labute approximate surface area is 136 Å². The van der Waals surface area contributed by atoms with E-state index in [1.807, 2.05) is 0 Å². The number of fused-ring (bicyclic) bond motifs is 5. The molecule has 3 aliphatic carbocycles. The summed E-state index contributed by atoms with van der Waals surface area (Å²) in [6, 6.07) is 0.198. The van der Waals surface area contributed by atoms with Gasteiger partial charge >= 0.3 is 0 Å². The Morgan fingerprint density at radius 3 is 2.22 bits per heavy atom. The number of carbonyl (C=O) groups is 3. The third-order valence-corrected chi connectivity index (χ3v) is 6.24. The monoisotopic (exact) mass is 316 g/mol. The van der Waals surface area contributed by atoms with Crippen molar-refractivity contribution in [1.82, 2.24) is 10.2 Å². The van der Waals surface area contributed by atoms with Crippen LogP contribution in [-0.2, 0) is 14.4 Å². The Morgan fingerprint density at radius 2 is 1.65 bits per heavy atom. The van der Waals surface area contributed by atoms with E-state index in [4.69, 9.17) is 0 Å². The van der Waals surface area contributed by atoms with Crippen LogP contribution in [0.1, 0.15) is 39.0 Å². The first kappa shape index (κ1) is 14.9. The second kappa shape index (κ2) is 5.46. The van der Waals surface area contributed by atoms with E-state index < -0.39 is 0 Å². The van der Waals surface area contributed by atoms with Crippen molar-refractivity contribution < 1.29 is 14.4 Å². The van der Waals surface area contributed by atoms with Crippen LogP contribution in [0.4, 0.5) is 0 Å². The van der Waals surface area contributed by atoms with Gasteiger partial charge in [0.2, 0.25) is 17.7 Å². The summed E-state index contributed by atoms with van der Waals surface area (Å²) in [4.78, 5) is 38.6. The number of carbonyl (C=O) groups excluding carboxylic acids is 3. The Morgan fingerprint density at radius 1 is 1.09 bits per heavy atom. The lowest BCUT2D eigenvalue weighted by atomic mass is 9.85. The molecule has 2 saturated carbocycles. The minimum atomic E-state index is -0.208. The zero-order chi connectivity index (χ0) is 16.1. The van der Waals surface area contributed by atoms with Crippen molar-refractivity contribution in [3.63, 3.8) is 0 Å². The molecule has 4 atom stereocenters. The highest BCUT2D eigenvalue weighted by Crippen LogP contribution is 2.52. The van der Waals surface area contributed by atoms with Gasteiger partial charge < -0.3 is 5.32 Å². The van der Waals surface area contributed by atoms with Gasteiger partial charge in [0.1, 0.15) is 6.54 Å². The molecule has 3 fully saturated rings. The predicted molar refractivity (Wildman–Crippen MR) is 84.0 cm³/mol. The first-order chi connectivity index (χ1) is 11.0. The van der Waals surface area contributed by atoms with Gasteiger partial charge in [-0.15, -0.1) is 0 Å². The molecule has 1 heterocycles. The molecule has 0 spiro atoms. The highest BCUT2D eigenvalue weighted by atomic mass is 16.2. The van der Waals surface area contributed by atoms with Crippen LogP contribution in [0, 0.1) is 29.6 Å². The maximum atomic E-state index is 12.5. The van der Waals surface area contributed by atoms with Gasteiger partial charge in [-0.2, -0.15) is 0 Å². The van der Waals surface area contributed by atoms with Crippen molar-refractivity contribution in [1.29, 1.82) is 0 Å². The Balaban J connectivity index is 1.37.